The van der Waals surface area contributed by atoms with Crippen LogP contribution in [0.25, 0.3) is 0 Å². The van der Waals surface area contributed by atoms with E-state index in [-0.39, 0.29) is 12.3 Å². The summed E-state index contributed by atoms with van der Waals surface area (Å²) >= 11 is 4.45. The summed E-state index contributed by atoms with van der Waals surface area (Å²) in [6.45, 7) is 4.07. The predicted octanol–water partition coefficient (Wildman–Crippen LogP) is 3.14. The Bertz CT molecular complexity index is 661. The number of aryl methyl sites for hydroxylation is 2. The number of aliphatic imine (C=N–C) groups is 1. The molecule has 0 aromatic heterocycles. The van der Waals surface area contributed by atoms with Crippen LogP contribution in [0.15, 0.2) is 53.5 Å². The van der Waals surface area contributed by atoms with Gasteiger partial charge in [-0.1, -0.05) is 35.4 Å². The minimum Gasteiger partial charge on any atom is -0.399 e. The van der Waals surface area contributed by atoms with Gasteiger partial charge in [0.25, 0.3) is 0 Å². The van der Waals surface area contributed by atoms with Crippen LogP contribution in [0.4, 0.5) is 11.4 Å². The van der Waals surface area contributed by atoms with E-state index < -0.39 is 0 Å². The average molecular weight is 344 g/mol. The van der Waals surface area contributed by atoms with E-state index in [0.29, 0.717) is 0 Å². The fourth-order valence-corrected chi connectivity index (χ4v) is 1.34. The molecule has 124 valence electrons. The van der Waals surface area contributed by atoms with E-state index in [9.17, 15) is 0 Å². The molecule has 0 bridgehead atoms. The van der Waals surface area contributed by atoms with Crippen LogP contribution in [0.2, 0.25) is 0 Å². The molecule has 7 heteroatoms. The van der Waals surface area contributed by atoms with Gasteiger partial charge in [0.1, 0.15) is 0 Å². The Morgan fingerprint density at radius 2 is 1.12 bits per heavy atom. The summed E-state index contributed by atoms with van der Waals surface area (Å²) in [5, 5.41) is 2.31. The van der Waals surface area contributed by atoms with Crippen molar-refractivity contribution in [2.75, 3.05) is 5.73 Å². The molecule has 24 heavy (non-hydrogen) atoms. The fourth-order valence-electron chi connectivity index (χ4n) is 1.24. The molecule has 6 nitrogen and oxygen atoms in total. The van der Waals surface area contributed by atoms with Crippen LogP contribution in [0.3, 0.4) is 0 Å². The van der Waals surface area contributed by atoms with Gasteiger partial charge in [0.15, 0.2) is 0 Å². The number of benzene rings is 2. The molecule has 0 heterocycles. The molecule has 0 atom stereocenters. The number of isothiocyanates is 1. The molecule has 0 amide bonds. The zero-order valence-corrected chi connectivity index (χ0v) is 14.0. The second-order valence-electron chi connectivity index (χ2n) is 4.12. The van der Waals surface area contributed by atoms with Crippen LogP contribution < -0.4 is 5.73 Å². The van der Waals surface area contributed by atoms with E-state index >= 15 is 0 Å². The van der Waals surface area contributed by atoms with Crippen LogP contribution in [-0.2, 0) is 19.2 Å². The Morgan fingerprint density at radius 3 is 1.42 bits per heavy atom. The molecular formula is C17H16N2O4S. The van der Waals surface area contributed by atoms with Crippen LogP contribution in [0.1, 0.15) is 11.1 Å². The zero-order chi connectivity index (χ0) is 18.8. The lowest BCUT2D eigenvalue weighted by molar-refractivity contribution is -0.193. The zero-order valence-electron chi connectivity index (χ0n) is 13.2. The quantitative estimate of drug-likeness (QED) is 0.484. The summed E-state index contributed by atoms with van der Waals surface area (Å²) in [5.41, 5.74) is 9.59. The molecular weight excluding hydrogens is 328 g/mol. The molecule has 0 saturated heterocycles. The number of nitrogen functional groups attached to an aromatic ring is 1. The Hall–Kier alpha value is -3.20. The van der Waals surface area contributed by atoms with E-state index in [2.05, 4.69) is 22.4 Å². The molecule has 0 spiro atoms. The van der Waals surface area contributed by atoms with Crippen molar-refractivity contribution in [3.8, 4) is 0 Å². The Labute approximate surface area is 145 Å². The topological polar surface area (TPSA) is 107 Å². The summed E-state index contributed by atoms with van der Waals surface area (Å²) in [6, 6.07) is 15.6. The van der Waals surface area contributed by atoms with E-state index in [0.717, 1.165) is 11.4 Å². The molecule has 0 unspecified atom stereocenters. The van der Waals surface area contributed by atoms with Crippen molar-refractivity contribution in [1.29, 1.82) is 0 Å². The first-order valence-corrected chi connectivity index (χ1v) is 6.81. The molecule has 2 aromatic rings. The molecule has 0 saturated carbocycles. The summed E-state index contributed by atoms with van der Waals surface area (Å²) < 4.78 is 0. The number of hydrogen-bond acceptors (Lipinski definition) is 7. The van der Waals surface area contributed by atoms with Gasteiger partial charge in [0.2, 0.25) is 0 Å². The van der Waals surface area contributed by atoms with Crippen LogP contribution in [-0.4, -0.2) is 17.5 Å². The van der Waals surface area contributed by atoms with Gasteiger partial charge in [-0.05, 0) is 50.3 Å². The summed E-state index contributed by atoms with van der Waals surface area (Å²) in [7, 11) is 0. The lowest BCUT2D eigenvalue weighted by Gasteiger charge is -1.90. The molecule has 2 aromatic carbocycles. The second kappa shape index (κ2) is 16.2. The van der Waals surface area contributed by atoms with Gasteiger partial charge in [-0.15, -0.1) is 0 Å². The van der Waals surface area contributed by atoms with Gasteiger partial charge >= 0.3 is 12.3 Å². The SMILES string of the molecule is Cc1ccc(N)cc1.Cc1ccc(N=C=S)cc1.O=C=O.O=C=O. The van der Waals surface area contributed by atoms with Crippen LogP contribution in [0.5, 0.6) is 0 Å². The van der Waals surface area contributed by atoms with Crippen molar-refractivity contribution in [1.82, 2.24) is 0 Å². The second-order valence-corrected chi connectivity index (χ2v) is 4.30. The van der Waals surface area contributed by atoms with Crippen molar-refractivity contribution in [2.45, 2.75) is 13.8 Å². The third kappa shape index (κ3) is 15.2. The van der Waals surface area contributed by atoms with Crippen molar-refractivity contribution in [2.24, 2.45) is 4.99 Å². The molecule has 0 aliphatic carbocycles. The highest BCUT2D eigenvalue weighted by atomic mass is 32.1. The van der Waals surface area contributed by atoms with Crippen LogP contribution in [0, 0.1) is 13.8 Å². The molecule has 0 radical (unpaired) electrons. The maximum absolute atomic E-state index is 8.12. The van der Waals surface area contributed by atoms with Crippen molar-refractivity contribution in [3.63, 3.8) is 0 Å². The minimum atomic E-state index is 0.250. The molecule has 0 fully saturated rings. The molecule has 2 rings (SSSR count). The number of anilines is 1. The van der Waals surface area contributed by atoms with Crippen molar-refractivity contribution >= 4 is 41.1 Å². The first-order valence-electron chi connectivity index (χ1n) is 6.40. The molecule has 2 N–H and O–H groups in total. The maximum atomic E-state index is 8.12. The van der Waals surface area contributed by atoms with Crippen molar-refractivity contribution in [3.05, 3.63) is 59.7 Å². The molecule has 0 aliphatic rings. The maximum Gasteiger partial charge on any atom is 0.373 e. The van der Waals surface area contributed by atoms with E-state index in [1.807, 2.05) is 62.4 Å². The summed E-state index contributed by atoms with van der Waals surface area (Å²) in [6.07, 6.45) is 0.500. The van der Waals surface area contributed by atoms with Gasteiger partial charge in [0.05, 0.1) is 10.8 Å². The lowest BCUT2D eigenvalue weighted by atomic mass is 10.2. The Balaban J connectivity index is 0. The highest BCUT2D eigenvalue weighted by Crippen LogP contribution is 2.10. The average Bonchev–Trinajstić information content (AvgIpc) is 2.55. The van der Waals surface area contributed by atoms with Gasteiger partial charge in [0, 0.05) is 5.69 Å². The highest BCUT2D eigenvalue weighted by Gasteiger charge is 1.84. The number of nitrogens with zero attached hydrogens (tertiary/aromatic N) is 1. The number of nitrogens with two attached hydrogens (primary N) is 1. The summed E-state index contributed by atoms with van der Waals surface area (Å²) in [4.78, 5) is 36.3. The number of thiocarbonyl (C=S) groups is 1. The number of hydrogen-bond donors (Lipinski definition) is 1. The number of rotatable bonds is 1. The lowest BCUT2D eigenvalue weighted by Crippen LogP contribution is -1.81. The van der Waals surface area contributed by atoms with Gasteiger partial charge in [-0.25, -0.2) is 0 Å². The monoisotopic (exact) mass is 344 g/mol. The van der Waals surface area contributed by atoms with Gasteiger partial charge < -0.3 is 5.73 Å². The first-order chi connectivity index (χ1) is 11.4. The summed E-state index contributed by atoms with van der Waals surface area (Å²) in [5.74, 6) is 0. The van der Waals surface area contributed by atoms with Crippen molar-refractivity contribution < 1.29 is 19.2 Å². The molecule has 0 aliphatic heterocycles. The van der Waals surface area contributed by atoms with Gasteiger partial charge in [-0.2, -0.15) is 24.2 Å². The largest absolute Gasteiger partial charge is 0.399 e. The Kier molecular flexibility index (Phi) is 15.5. The number of carbonyl (C=O) groups excluding carboxylic acids is 4. The Morgan fingerprint density at radius 1 is 0.792 bits per heavy atom. The normalized spacial score (nSPS) is 7.25. The third-order valence-electron chi connectivity index (χ3n) is 2.29. The predicted molar refractivity (Wildman–Crippen MR) is 91.5 cm³/mol. The van der Waals surface area contributed by atoms with Crippen LogP contribution >= 0.6 is 12.2 Å². The third-order valence-corrected chi connectivity index (χ3v) is 2.38. The van der Waals surface area contributed by atoms with E-state index in [4.69, 9.17) is 24.9 Å². The smallest absolute Gasteiger partial charge is 0.373 e. The van der Waals surface area contributed by atoms with E-state index in [1.165, 1.54) is 11.1 Å². The van der Waals surface area contributed by atoms with E-state index in [1.54, 1.807) is 0 Å². The van der Waals surface area contributed by atoms with Gasteiger partial charge in [-0.3, -0.25) is 0 Å². The fraction of sp³-hybridized carbons (Fsp3) is 0.118. The highest BCUT2D eigenvalue weighted by molar-refractivity contribution is 7.78. The first kappa shape index (κ1) is 23.1. The minimum absolute atomic E-state index is 0.250. The standard InChI is InChI=1S/C8H7NS.C7H9N.2CO2/c1-7-2-4-8(5-3-7)9-6-10;1-6-2-4-7(8)5-3-6;2*2-1-3/h2-5H,1H3;2-5H,8H2,1H3;;.